The molecule has 22 heavy (non-hydrogen) atoms. The summed E-state index contributed by atoms with van der Waals surface area (Å²) in [4.78, 5) is 21.3. The molecular weight excluding hydrogens is 292 g/mol. The van der Waals surface area contributed by atoms with Crippen LogP contribution in [0, 0.1) is 6.61 Å². The standard InChI is InChI=1S/C15H21O7/c1-5-6-20-7-8-21-22-15(16)11-9-12(17-2)14(19-4)13(10-11)18-3/h8-10H,5-7H2,1-4H3. The topological polar surface area (TPSA) is 72.5 Å². The van der Waals surface area contributed by atoms with Gasteiger partial charge < -0.3 is 18.9 Å². The Labute approximate surface area is 129 Å². The number of hydrogen-bond donors (Lipinski definition) is 0. The third kappa shape index (κ3) is 5.09. The third-order valence-electron chi connectivity index (χ3n) is 2.63. The van der Waals surface area contributed by atoms with Crippen LogP contribution in [0.5, 0.6) is 17.2 Å². The minimum absolute atomic E-state index is 0.206. The summed E-state index contributed by atoms with van der Waals surface area (Å²) in [5.74, 6) is 0.404. The number of rotatable bonds is 10. The van der Waals surface area contributed by atoms with Gasteiger partial charge in [-0.1, -0.05) is 6.92 Å². The van der Waals surface area contributed by atoms with Gasteiger partial charge in [0.25, 0.3) is 0 Å². The van der Waals surface area contributed by atoms with Crippen LogP contribution in [0.4, 0.5) is 0 Å². The van der Waals surface area contributed by atoms with Gasteiger partial charge >= 0.3 is 5.97 Å². The summed E-state index contributed by atoms with van der Waals surface area (Å²) in [6.45, 7) is 4.09. The summed E-state index contributed by atoms with van der Waals surface area (Å²) in [6, 6.07) is 2.95. The zero-order chi connectivity index (χ0) is 16.4. The summed E-state index contributed by atoms with van der Waals surface area (Å²) >= 11 is 0. The van der Waals surface area contributed by atoms with Crippen LogP contribution >= 0.6 is 0 Å². The fraction of sp³-hybridized carbons (Fsp3) is 0.467. The largest absolute Gasteiger partial charge is 0.493 e. The van der Waals surface area contributed by atoms with Crippen LogP contribution < -0.4 is 14.2 Å². The minimum atomic E-state index is -0.689. The summed E-state index contributed by atoms with van der Waals surface area (Å²) in [5, 5.41) is 0. The van der Waals surface area contributed by atoms with Crippen molar-refractivity contribution in [2.75, 3.05) is 34.5 Å². The van der Waals surface area contributed by atoms with Crippen molar-refractivity contribution in [1.82, 2.24) is 0 Å². The summed E-state index contributed by atoms with van der Waals surface area (Å²) in [5.41, 5.74) is 0.206. The molecule has 0 fully saturated rings. The molecule has 0 saturated carbocycles. The Bertz CT molecular complexity index is 448. The maximum absolute atomic E-state index is 11.9. The lowest BCUT2D eigenvalue weighted by molar-refractivity contribution is -0.218. The van der Waals surface area contributed by atoms with Crippen molar-refractivity contribution in [3.8, 4) is 17.2 Å². The van der Waals surface area contributed by atoms with Crippen molar-refractivity contribution in [2.24, 2.45) is 0 Å². The van der Waals surface area contributed by atoms with E-state index in [1.165, 1.54) is 40.1 Å². The number of ether oxygens (including phenoxy) is 4. The Morgan fingerprint density at radius 1 is 1.09 bits per heavy atom. The molecule has 0 heterocycles. The lowest BCUT2D eigenvalue weighted by Crippen LogP contribution is -2.08. The first kappa shape index (κ1) is 18.1. The number of benzene rings is 1. The maximum Gasteiger partial charge on any atom is 0.373 e. The molecule has 7 heteroatoms. The highest BCUT2D eigenvalue weighted by atomic mass is 17.2. The van der Waals surface area contributed by atoms with Crippen LogP contribution in [0.1, 0.15) is 23.7 Å². The second-order valence-corrected chi connectivity index (χ2v) is 4.12. The van der Waals surface area contributed by atoms with Gasteiger partial charge in [0, 0.05) is 6.61 Å². The Morgan fingerprint density at radius 3 is 2.23 bits per heavy atom. The second kappa shape index (κ2) is 9.86. The molecule has 0 N–H and O–H groups in total. The molecule has 0 bridgehead atoms. The predicted molar refractivity (Wildman–Crippen MR) is 78.0 cm³/mol. The van der Waals surface area contributed by atoms with Gasteiger partial charge in [-0.15, -0.1) is 0 Å². The highest BCUT2D eigenvalue weighted by Crippen LogP contribution is 2.38. The number of carbonyl (C=O) groups is 1. The monoisotopic (exact) mass is 313 g/mol. The first-order valence-electron chi connectivity index (χ1n) is 6.75. The van der Waals surface area contributed by atoms with Crippen molar-refractivity contribution in [1.29, 1.82) is 0 Å². The van der Waals surface area contributed by atoms with E-state index in [0.717, 1.165) is 6.42 Å². The molecule has 0 aliphatic rings. The van der Waals surface area contributed by atoms with Crippen molar-refractivity contribution in [3.63, 3.8) is 0 Å². The van der Waals surface area contributed by atoms with Crippen LogP contribution in [-0.2, 0) is 14.5 Å². The first-order chi connectivity index (χ1) is 10.7. The van der Waals surface area contributed by atoms with Crippen LogP contribution in [0.15, 0.2) is 12.1 Å². The molecule has 123 valence electrons. The van der Waals surface area contributed by atoms with Gasteiger partial charge in [-0.25, -0.2) is 4.79 Å². The average Bonchev–Trinajstić information content (AvgIpc) is 2.56. The zero-order valence-corrected chi connectivity index (χ0v) is 13.2. The SMILES string of the molecule is CCCOC[CH]OOC(=O)c1cc(OC)c(OC)c(OC)c1. The van der Waals surface area contributed by atoms with Crippen LogP contribution in [0.3, 0.4) is 0 Å². The van der Waals surface area contributed by atoms with Crippen LogP contribution in [-0.4, -0.2) is 40.5 Å². The number of hydrogen-bond acceptors (Lipinski definition) is 7. The molecule has 1 aromatic rings. The number of carbonyl (C=O) groups excluding carboxylic acids is 1. The molecule has 0 unspecified atom stereocenters. The normalized spacial score (nSPS) is 10.2. The van der Waals surface area contributed by atoms with E-state index in [1.807, 2.05) is 6.92 Å². The van der Waals surface area contributed by atoms with E-state index in [-0.39, 0.29) is 12.2 Å². The van der Waals surface area contributed by atoms with E-state index < -0.39 is 5.97 Å². The lowest BCUT2D eigenvalue weighted by atomic mass is 10.2. The van der Waals surface area contributed by atoms with E-state index in [9.17, 15) is 4.79 Å². The molecule has 0 spiro atoms. The van der Waals surface area contributed by atoms with Crippen LogP contribution in [0.25, 0.3) is 0 Å². The molecule has 7 nitrogen and oxygen atoms in total. The Balaban J connectivity index is 2.65. The van der Waals surface area contributed by atoms with Gasteiger partial charge in [-0.2, -0.15) is 4.89 Å². The van der Waals surface area contributed by atoms with Crippen molar-refractivity contribution in [3.05, 3.63) is 24.3 Å². The summed E-state index contributed by atoms with van der Waals surface area (Å²) in [7, 11) is 4.40. The fourth-order valence-corrected chi connectivity index (χ4v) is 1.63. The maximum atomic E-state index is 11.9. The second-order valence-electron chi connectivity index (χ2n) is 4.12. The zero-order valence-electron chi connectivity index (χ0n) is 13.2. The van der Waals surface area contributed by atoms with E-state index in [0.29, 0.717) is 23.9 Å². The molecule has 0 saturated heterocycles. The predicted octanol–water partition coefficient (Wildman–Crippen LogP) is 2.39. The molecule has 1 radical (unpaired) electrons. The fourth-order valence-electron chi connectivity index (χ4n) is 1.63. The van der Waals surface area contributed by atoms with Gasteiger partial charge in [0.05, 0.1) is 33.5 Å². The van der Waals surface area contributed by atoms with Gasteiger partial charge in [0.1, 0.15) is 0 Å². The Hall–Kier alpha value is -1.99. The van der Waals surface area contributed by atoms with E-state index in [2.05, 4.69) is 9.78 Å². The molecule has 0 aliphatic carbocycles. The smallest absolute Gasteiger partial charge is 0.373 e. The molecule has 1 rings (SSSR count). The van der Waals surface area contributed by atoms with Crippen molar-refractivity contribution < 1.29 is 33.5 Å². The quantitative estimate of drug-likeness (QED) is 0.373. The summed E-state index contributed by atoms with van der Waals surface area (Å²) in [6.07, 6.45) is 0.902. The molecule has 0 aliphatic heterocycles. The highest BCUT2D eigenvalue weighted by Gasteiger charge is 2.18. The Kier molecular flexibility index (Phi) is 8.09. The molecule has 1 aromatic carbocycles. The molecular formula is C15H21O7. The average molecular weight is 313 g/mol. The number of methoxy groups -OCH3 is 3. The third-order valence-corrected chi connectivity index (χ3v) is 2.63. The van der Waals surface area contributed by atoms with Gasteiger partial charge in [-0.05, 0) is 18.6 Å². The first-order valence-corrected chi connectivity index (χ1v) is 6.75. The molecule has 0 atom stereocenters. The van der Waals surface area contributed by atoms with Gasteiger partial charge in [-0.3, -0.25) is 4.89 Å². The van der Waals surface area contributed by atoms with Crippen LogP contribution in [0.2, 0.25) is 0 Å². The molecule has 0 amide bonds. The summed E-state index contributed by atoms with van der Waals surface area (Å²) < 4.78 is 20.6. The molecule has 0 aromatic heterocycles. The minimum Gasteiger partial charge on any atom is -0.493 e. The Morgan fingerprint density at radius 2 is 1.73 bits per heavy atom. The van der Waals surface area contributed by atoms with Crippen molar-refractivity contribution >= 4 is 5.97 Å². The van der Waals surface area contributed by atoms with Gasteiger partial charge in [0.15, 0.2) is 18.1 Å². The lowest BCUT2D eigenvalue weighted by Gasteiger charge is -2.13. The van der Waals surface area contributed by atoms with Crippen molar-refractivity contribution in [2.45, 2.75) is 13.3 Å². The van der Waals surface area contributed by atoms with E-state index in [1.54, 1.807) is 0 Å². The van der Waals surface area contributed by atoms with E-state index in [4.69, 9.17) is 18.9 Å². The highest BCUT2D eigenvalue weighted by molar-refractivity contribution is 5.90. The van der Waals surface area contributed by atoms with E-state index >= 15 is 0 Å². The van der Waals surface area contributed by atoms with Gasteiger partial charge in [0.2, 0.25) is 5.75 Å².